The highest BCUT2D eigenvalue weighted by Gasteiger charge is 2.14. The van der Waals surface area contributed by atoms with Crippen molar-refractivity contribution in [3.63, 3.8) is 0 Å². The number of rotatable bonds is 5. The summed E-state index contributed by atoms with van der Waals surface area (Å²) in [5.74, 6) is 1.43. The van der Waals surface area contributed by atoms with Crippen molar-refractivity contribution in [2.45, 2.75) is 19.9 Å². The first-order valence-corrected chi connectivity index (χ1v) is 6.67. The average molecular weight is 254 g/mol. The Balaban J connectivity index is 2.67. The van der Waals surface area contributed by atoms with Crippen molar-refractivity contribution < 1.29 is 9.90 Å². The van der Waals surface area contributed by atoms with E-state index in [9.17, 15) is 9.90 Å². The number of carbonyl (C=O) groups excluding carboxylic acids is 1. The predicted octanol–water partition coefficient (Wildman–Crippen LogP) is 1.85. The Morgan fingerprint density at radius 1 is 1.59 bits per heavy atom. The topological polar surface area (TPSA) is 75.4 Å². The molecule has 0 aromatic heterocycles. The van der Waals surface area contributed by atoms with Crippen molar-refractivity contribution >= 4 is 23.4 Å². The van der Waals surface area contributed by atoms with E-state index >= 15 is 0 Å². The van der Waals surface area contributed by atoms with E-state index < -0.39 is 0 Å². The monoisotopic (exact) mass is 254 g/mol. The minimum atomic E-state index is -0.293. The Kier molecular flexibility index (Phi) is 5.15. The molecule has 17 heavy (non-hydrogen) atoms. The largest absolute Gasteiger partial charge is 0.505 e. The third-order valence-electron chi connectivity index (χ3n) is 2.26. The minimum absolute atomic E-state index is 0.0632. The van der Waals surface area contributed by atoms with Crippen LogP contribution in [0, 0.1) is 0 Å². The maximum absolute atomic E-state index is 11.9. The lowest BCUT2D eigenvalue weighted by Crippen LogP contribution is -2.34. The van der Waals surface area contributed by atoms with Crippen LogP contribution in [-0.2, 0) is 0 Å². The van der Waals surface area contributed by atoms with Crippen LogP contribution in [-0.4, -0.2) is 28.6 Å². The van der Waals surface area contributed by atoms with Crippen LogP contribution >= 0.6 is 11.8 Å². The third kappa shape index (κ3) is 3.85. The zero-order valence-electron chi connectivity index (χ0n) is 10.1. The molecule has 0 radical (unpaired) electrons. The number of nitrogen functional groups attached to an aromatic ring is 1. The van der Waals surface area contributed by atoms with Crippen LogP contribution in [0.25, 0.3) is 0 Å². The lowest BCUT2D eigenvalue weighted by molar-refractivity contribution is 0.0941. The number of aromatic hydroxyl groups is 1. The fraction of sp³-hybridized carbons (Fsp3) is 0.417. The number of phenolic OH excluding ortho intramolecular Hbond substituents is 1. The van der Waals surface area contributed by atoms with Crippen molar-refractivity contribution in [3.05, 3.63) is 23.8 Å². The van der Waals surface area contributed by atoms with Gasteiger partial charge in [0.15, 0.2) is 5.75 Å². The molecular formula is C12H18N2O2S. The summed E-state index contributed by atoms with van der Waals surface area (Å²) in [4.78, 5) is 11.9. The Morgan fingerprint density at radius 3 is 2.94 bits per heavy atom. The molecule has 0 saturated heterocycles. The first kappa shape index (κ1) is 13.7. The number of anilines is 1. The molecular weight excluding hydrogens is 236 g/mol. The van der Waals surface area contributed by atoms with E-state index in [0.29, 0.717) is 0 Å². The van der Waals surface area contributed by atoms with Gasteiger partial charge in [0.25, 0.3) is 5.91 Å². The number of benzene rings is 1. The number of hydrogen-bond acceptors (Lipinski definition) is 4. The summed E-state index contributed by atoms with van der Waals surface area (Å²) in [6.07, 6.45) is 0. The molecule has 0 heterocycles. The highest BCUT2D eigenvalue weighted by atomic mass is 32.2. The van der Waals surface area contributed by atoms with E-state index in [0.717, 1.165) is 11.5 Å². The first-order chi connectivity index (χ1) is 8.06. The van der Waals surface area contributed by atoms with Crippen molar-refractivity contribution in [2.24, 2.45) is 0 Å². The third-order valence-corrected chi connectivity index (χ3v) is 3.41. The number of nitrogens with one attached hydrogen (secondary N) is 1. The number of para-hydroxylation sites is 1. The number of amides is 1. The molecule has 0 spiro atoms. The summed E-state index contributed by atoms with van der Waals surface area (Å²) in [6.45, 7) is 4.01. The lowest BCUT2D eigenvalue weighted by Gasteiger charge is -2.14. The number of phenols is 1. The standard InChI is InChI=1S/C12H18N2O2S/c1-3-17-7-8(2)14-12(16)9-5-4-6-10(13)11(9)15/h4-6,8,15H,3,7,13H2,1-2H3,(H,14,16). The SMILES string of the molecule is CCSCC(C)NC(=O)c1cccc(N)c1O. The molecule has 4 nitrogen and oxygen atoms in total. The van der Waals surface area contributed by atoms with E-state index in [1.54, 1.807) is 30.0 Å². The zero-order valence-corrected chi connectivity index (χ0v) is 10.9. The number of thioether (sulfide) groups is 1. The van der Waals surface area contributed by atoms with Gasteiger partial charge in [-0.1, -0.05) is 13.0 Å². The second kappa shape index (κ2) is 6.39. The Bertz CT molecular complexity index is 396. The smallest absolute Gasteiger partial charge is 0.255 e. The molecule has 0 aliphatic carbocycles. The highest BCUT2D eigenvalue weighted by molar-refractivity contribution is 7.99. The van der Waals surface area contributed by atoms with Crippen molar-refractivity contribution in [2.75, 3.05) is 17.2 Å². The zero-order chi connectivity index (χ0) is 12.8. The van der Waals surface area contributed by atoms with Crippen LogP contribution < -0.4 is 11.1 Å². The second-order valence-electron chi connectivity index (χ2n) is 3.78. The van der Waals surface area contributed by atoms with Gasteiger partial charge < -0.3 is 16.2 Å². The molecule has 1 atom stereocenters. The maximum atomic E-state index is 11.9. The Labute approximate surface area is 106 Å². The molecule has 1 aromatic rings. The molecule has 5 heteroatoms. The normalized spacial score (nSPS) is 12.1. The van der Waals surface area contributed by atoms with Gasteiger partial charge in [0.1, 0.15) is 0 Å². The van der Waals surface area contributed by atoms with Gasteiger partial charge in [-0.2, -0.15) is 11.8 Å². The van der Waals surface area contributed by atoms with Crippen LogP contribution in [0.3, 0.4) is 0 Å². The number of hydrogen-bond donors (Lipinski definition) is 3. The average Bonchev–Trinajstić information content (AvgIpc) is 2.29. The number of carbonyl (C=O) groups is 1. The van der Waals surface area contributed by atoms with Gasteiger partial charge in [-0.3, -0.25) is 4.79 Å². The molecule has 1 unspecified atom stereocenters. The molecule has 1 amide bonds. The van der Waals surface area contributed by atoms with E-state index in [1.807, 2.05) is 6.92 Å². The molecule has 0 aliphatic heterocycles. The van der Waals surface area contributed by atoms with Gasteiger partial charge in [-0.25, -0.2) is 0 Å². The number of nitrogens with two attached hydrogens (primary N) is 1. The molecule has 0 fully saturated rings. The van der Waals surface area contributed by atoms with Crippen LogP contribution in [0.5, 0.6) is 5.75 Å². The Morgan fingerprint density at radius 2 is 2.29 bits per heavy atom. The van der Waals surface area contributed by atoms with Crippen LogP contribution in [0.15, 0.2) is 18.2 Å². The Hall–Kier alpha value is -1.36. The molecule has 0 aliphatic rings. The molecule has 1 aromatic carbocycles. The van der Waals surface area contributed by atoms with E-state index in [4.69, 9.17) is 5.73 Å². The van der Waals surface area contributed by atoms with E-state index in [-0.39, 0.29) is 28.9 Å². The summed E-state index contributed by atoms with van der Waals surface area (Å²) in [5, 5.41) is 12.5. The van der Waals surface area contributed by atoms with Crippen molar-refractivity contribution in [1.29, 1.82) is 0 Å². The summed E-state index contributed by atoms with van der Waals surface area (Å²) in [5.41, 5.74) is 5.97. The van der Waals surface area contributed by atoms with Crippen molar-refractivity contribution in [1.82, 2.24) is 5.32 Å². The molecule has 0 bridgehead atoms. The van der Waals surface area contributed by atoms with Crippen LogP contribution in [0.2, 0.25) is 0 Å². The first-order valence-electron chi connectivity index (χ1n) is 5.52. The summed E-state index contributed by atoms with van der Waals surface area (Å²) >= 11 is 1.76. The molecule has 0 saturated carbocycles. The fourth-order valence-electron chi connectivity index (χ4n) is 1.38. The summed E-state index contributed by atoms with van der Waals surface area (Å²) < 4.78 is 0. The van der Waals surface area contributed by atoms with Gasteiger partial charge in [-0.05, 0) is 24.8 Å². The summed E-state index contributed by atoms with van der Waals surface area (Å²) in [7, 11) is 0. The van der Waals surface area contributed by atoms with Crippen molar-refractivity contribution in [3.8, 4) is 5.75 Å². The van der Waals surface area contributed by atoms with E-state index in [1.165, 1.54) is 0 Å². The van der Waals surface area contributed by atoms with Gasteiger partial charge in [0, 0.05) is 11.8 Å². The van der Waals surface area contributed by atoms with Crippen LogP contribution in [0.1, 0.15) is 24.2 Å². The highest BCUT2D eigenvalue weighted by Crippen LogP contribution is 2.24. The molecule has 1 rings (SSSR count). The fourth-order valence-corrected chi connectivity index (χ4v) is 2.06. The lowest BCUT2D eigenvalue weighted by atomic mass is 10.1. The van der Waals surface area contributed by atoms with Gasteiger partial charge in [-0.15, -0.1) is 0 Å². The van der Waals surface area contributed by atoms with Gasteiger partial charge in [0.2, 0.25) is 0 Å². The molecule has 4 N–H and O–H groups in total. The summed E-state index contributed by atoms with van der Waals surface area (Å²) in [6, 6.07) is 4.83. The molecule has 94 valence electrons. The predicted molar refractivity (Wildman–Crippen MR) is 72.4 cm³/mol. The van der Waals surface area contributed by atoms with Crippen LogP contribution in [0.4, 0.5) is 5.69 Å². The minimum Gasteiger partial charge on any atom is -0.505 e. The van der Waals surface area contributed by atoms with Gasteiger partial charge in [0.05, 0.1) is 11.3 Å². The quantitative estimate of drug-likeness (QED) is 0.553. The second-order valence-corrected chi connectivity index (χ2v) is 5.10. The maximum Gasteiger partial charge on any atom is 0.255 e. The van der Waals surface area contributed by atoms with Gasteiger partial charge >= 0.3 is 0 Å². The van der Waals surface area contributed by atoms with E-state index in [2.05, 4.69) is 12.2 Å².